The highest BCUT2D eigenvalue weighted by atomic mass is 16.6. The van der Waals surface area contributed by atoms with Crippen molar-refractivity contribution in [2.75, 3.05) is 0 Å². The first-order chi connectivity index (χ1) is 14.4. The van der Waals surface area contributed by atoms with Gasteiger partial charge in [-0.25, -0.2) is 0 Å². The van der Waals surface area contributed by atoms with Crippen molar-refractivity contribution < 1.29 is 19.6 Å². The Balaban J connectivity index is 1.53. The Morgan fingerprint density at radius 2 is 1.87 bits per heavy atom. The van der Waals surface area contributed by atoms with Gasteiger partial charge in [0.15, 0.2) is 0 Å². The summed E-state index contributed by atoms with van der Waals surface area (Å²) >= 11 is 0. The van der Waals surface area contributed by atoms with Crippen molar-refractivity contribution in [1.29, 1.82) is 0 Å². The molecular weight excluding hydrogens is 394 g/mol. The number of esters is 1. The van der Waals surface area contributed by atoms with Crippen LogP contribution >= 0.6 is 0 Å². The number of nitrogens with zero attached hydrogens (tertiary/aromatic N) is 1. The van der Waals surface area contributed by atoms with Crippen LogP contribution in [0.2, 0.25) is 0 Å². The molecule has 1 aromatic carbocycles. The molecule has 3 unspecified atom stereocenters. The molecular formula is C25H35NO5. The van der Waals surface area contributed by atoms with Crippen LogP contribution < -0.4 is 0 Å². The SMILES string of the molecule is CCC(C)(CC(C)(C)C(=O)OC12CC3CC(CC(O)(C3)C1)C2)c1cccc([N+](=O)[O-])c1. The maximum atomic E-state index is 13.4. The van der Waals surface area contributed by atoms with E-state index < -0.39 is 22.0 Å². The molecule has 0 radical (unpaired) electrons. The Morgan fingerprint density at radius 3 is 2.42 bits per heavy atom. The van der Waals surface area contributed by atoms with E-state index in [2.05, 4.69) is 13.8 Å². The number of carbonyl (C=O) groups excluding carboxylic acids is 1. The van der Waals surface area contributed by atoms with E-state index in [1.165, 1.54) is 6.07 Å². The second-order valence-corrected chi connectivity index (χ2v) is 11.5. The average Bonchev–Trinajstić information content (AvgIpc) is 2.65. The van der Waals surface area contributed by atoms with Gasteiger partial charge in [0.05, 0.1) is 15.9 Å². The molecule has 6 nitrogen and oxygen atoms in total. The van der Waals surface area contributed by atoms with Crippen LogP contribution in [0.5, 0.6) is 0 Å². The van der Waals surface area contributed by atoms with Crippen LogP contribution in [0.25, 0.3) is 0 Å². The molecule has 0 saturated heterocycles. The first-order valence-corrected chi connectivity index (χ1v) is 11.6. The number of hydrogen-bond acceptors (Lipinski definition) is 5. The van der Waals surface area contributed by atoms with E-state index in [9.17, 15) is 20.0 Å². The smallest absolute Gasteiger partial charge is 0.312 e. The van der Waals surface area contributed by atoms with Crippen molar-refractivity contribution in [3.05, 3.63) is 39.9 Å². The Hall–Kier alpha value is -1.95. The van der Waals surface area contributed by atoms with Gasteiger partial charge in [-0.2, -0.15) is 0 Å². The van der Waals surface area contributed by atoms with Gasteiger partial charge in [-0.3, -0.25) is 14.9 Å². The van der Waals surface area contributed by atoms with Crippen molar-refractivity contribution in [3.8, 4) is 0 Å². The third-order valence-electron chi connectivity index (χ3n) is 8.20. The third kappa shape index (κ3) is 4.11. The average molecular weight is 430 g/mol. The number of nitro benzene ring substituents is 1. The number of non-ortho nitro benzene ring substituents is 1. The molecule has 4 bridgehead atoms. The second kappa shape index (κ2) is 7.29. The zero-order valence-corrected chi connectivity index (χ0v) is 19.1. The first-order valence-electron chi connectivity index (χ1n) is 11.6. The number of rotatable bonds is 7. The lowest BCUT2D eigenvalue weighted by Gasteiger charge is -2.59. The second-order valence-electron chi connectivity index (χ2n) is 11.5. The highest BCUT2D eigenvalue weighted by Gasteiger charge is 2.59. The molecule has 6 heteroatoms. The summed E-state index contributed by atoms with van der Waals surface area (Å²) in [4.78, 5) is 24.3. The van der Waals surface area contributed by atoms with Gasteiger partial charge in [-0.05, 0) is 81.6 Å². The van der Waals surface area contributed by atoms with E-state index in [4.69, 9.17) is 4.74 Å². The summed E-state index contributed by atoms with van der Waals surface area (Å²) in [6.07, 6.45) is 6.40. The van der Waals surface area contributed by atoms with Gasteiger partial charge in [-0.1, -0.05) is 26.0 Å². The lowest BCUT2D eigenvalue weighted by Crippen LogP contribution is -2.61. The van der Waals surface area contributed by atoms with Gasteiger partial charge >= 0.3 is 5.97 Å². The van der Waals surface area contributed by atoms with E-state index in [0.717, 1.165) is 44.1 Å². The molecule has 4 saturated carbocycles. The van der Waals surface area contributed by atoms with Crippen molar-refractivity contribution >= 4 is 11.7 Å². The van der Waals surface area contributed by atoms with Crippen LogP contribution in [0.15, 0.2) is 24.3 Å². The van der Waals surface area contributed by atoms with Crippen LogP contribution in [0.4, 0.5) is 5.69 Å². The topological polar surface area (TPSA) is 89.7 Å². The fourth-order valence-corrected chi connectivity index (χ4v) is 7.06. The minimum atomic E-state index is -0.749. The Kier molecular flexibility index (Phi) is 5.23. The number of nitro groups is 1. The number of ether oxygens (including phenoxy) is 1. The van der Waals surface area contributed by atoms with Crippen molar-refractivity contribution in [2.45, 2.75) is 95.7 Å². The normalized spacial score (nSPS) is 33.7. The number of aliphatic hydroxyl groups is 1. The molecule has 4 fully saturated rings. The first kappa shape index (κ1) is 22.3. The van der Waals surface area contributed by atoms with Crippen LogP contribution in [-0.4, -0.2) is 27.2 Å². The lowest BCUT2D eigenvalue weighted by molar-refractivity contribution is -0.385. The fourth-order valence-electron chi connectivity index (χ4n) is 7.06. The monoisotopic (exact) mass is 429 g/mol. The minimum Gasteiger partial charge on any atom is -0.459 e. The molecule has 3 atom stereocenters. The van der Waals surface area contributed by atoms with E-state index in [0.29, 0.717) is 24.7 Å². The maximum absolute atomic E-state index is 13.4. The predicted octanol–water partition coefficient (Wildman–Crippen LogP) is 5.31. The predicted molar refractivity (Wildman–Crippen MR) is 118 cm³/mol. The fraction of sp³-hybridized carbons (Fsp3) is 0.720. The van der Waals surface area contributed by atoms with Crippen LogP contribution in [-0.2, 0) is 14.9 Å². The van der Waals surface area contributed by atoms with Gasteiger partial charge < -0.3 is 9.84 Å². The zero-order valence-electron chi connectivity index (χ0n) is 19.1. The molecule has 4 aliphatic rings. The van der Waals surface area contributed by atoms with Gasteiger partial charge in [0.25, 0.3) is 5.69 Å². The van der Waals surface area contributed by atoms with E-state index in [-0.39, 0.29) is 16.6 Å². The molecule has 170 valence electrons. The molecule has 0 aromatic heterocycles. The Labute approximate surface area is 184 Å². The van der Waals surface area contributed by atoms with Crippen molar-refractivity contribution in [1.82, 2.24) is 0 Å². The molecule has 4 aliphatic carbocycles. The molecule has 0 amide bonds. The lowest BCUT2D eigenvalue weighted by atomic mass is 9.52. The van der Waals surface area contributed by atoms with Crippen molar-refractivity contribution in [3.63, 3.8) is 0 Å². The number of benzene rings is 1. The van der Waals surface area contributed by atoms with Gasteiger partial charge in [0.1, 0.15) is 5.60 Å². The van der Waals surface area contributed by atoms with Gasteiger partial charge in [0.2, 0.25) is 0 Å². The summed E-state index contributed by atoms with van der Waals surface area (Å²) in [5, 5.41) is 22.2. The van der Waals surface area contributed by atoms with Crippen LogP contribution in [0.1, 0.15) is 84.6 Å². The molecule has 0 aliphatic heterocycles. The standard InChI is InChI=1S/C25H35NO5/c1-5-23(4,19-7-6-8-20(10-19)26(29)30)15-22(2,3)21(27)31-25-13-17-9-18(14-25)12-24(28,11-17)16-25/h6-8,10,17-18,28H,5,9,11-16H2,1-4H3. The van der Waals surface area contributed by atoms with Gasteiger partial charge in [0, 0.05) is 18.6 Å². The number of hydrogen-bond donors (Lipinski definition) is 1. The molecule has 0 heterocycles. The Bertz CT molecular complexity index is 880. The molecule has 1 N–H and O–H groups in total. The summed E-state index contributed by atoms with van der Waals surface area (Å²) in [6.45, 7) is 7.94. The van der Waals surface area contributed by atoms with Gasteiger partial charge in [-0.15, -0.1) is 0 Å². The minimum absolute atomic E-state index is 0.0689. The van der Waals surface area contributed by atoms with E-state index in [1.54, 1.807) is 12.1 Å². The summed E-state index contributed by atoms with van der Waals surface area (Å²) in [7, 11) is 0. The summed E-state index contributed by atoms with van der Waals surface area (Å²) < 4.78 is 6.26. The molecule has 1 aromatic rings. The third-order valence-corrected chi connectivity index (χ3v) is 8.20. The highest BCUT2D eigenvalue weighted by molar-refractivity contribution is 5.76. The maximum Gasteiger partial charge on any atom is 0.312 e. The molecule has 31 heavy (non-hydrogen) atoms. The van der Waals surface area contributed by atoms with Crippen molar-refractivity contribution in [2.24, 2.45) is 17.3 Å². The largest absolute Gasteiger partial charge is 0.459 e. The summed E-state index contributed by atoms with van der Waals surface area (Å²) in [5.41, 5.74) is -1.40. The zero-order chi connectivity index (χ0) is 22.7. The van der Waals surface area contributed by atoms with Crippen LogP contribution in [0, 0.1) is 27.4 Å². The quantitative estimate of drug-likeness (QED) is 0.361. The van der Waals surface area contributed by atoms with E-state index in [1.807, 2.05) is 19.9 Å². The molecule has 0 spiro atoms. The summed E-state index contributed by atoms with van der Waals surface area (Å²) in [5.74, 6) is 0.684. The summed E-state index contributed by atoms with van der Waals surface area (Å²) in [6, 6.07) is 6.74. The number of carbonyl (C=O) groups is 1. The van der Waals surface area contributed by atoms with Crippen LogP contribution in [0.3, 0.4) is 0 Å². The highest BCUT2D eigenvalue weighted by Crippen LogP contribution is 2.59. The Morgan fingerprint density at radius 1 is 1.23 bits per heavy atom. The van der Waals surface area contributed by atoms with E-state index >= 15 is 0 Å². The molecule has 5 rings (SSSR count).